The number of nitrogens with zero attached hydrogens (tertiary/aromatic N) is 1. The lowest BCUT2D eigenvalue weighted by molar-refractivity contribution is 0.169. The van der Waals surface area contributed by atoms with Crippen molar-refractivity contribution in [2.75, 3.05) is 32.7 Å². The van der Waals surface area contributed by atoms with E-state index in [9.17, 15) is 0 Å². The Morgan fingerprint density at radius 2 is 2.00 bits per heavy atom. The van der Waals surface area contributed by atoms with Gasteiger partial charge in [0, 0.05) is 6.54 Å². The lowest BCUT2D eigenvalue weighted by Gasteiger charge is -2.32. The molecule has 1 fully saturated rings. The molecule has 102 valence electrons. The number of unbranched alkanes of at least 4 members (excludes halogenated alkanes) is 2. The SMILES string of the molecule is CCCNCCCCCN1CCCC(CC)C1. The normalized spacial score (nSPS) is 21.9. The molecule has 1 unspecified atom stereocenters. The van der Waals surface area contributed by atoms with Crippen molar-refractivity contribution < 1.29 is 0 Å². The van der Waals surface area contributed by atoms with Crippen molar-refractivity contribution in [3.05, 3.63) is 0 Å². The summed E-state index contributed by atoms with van der Waals surface area (Å²) in [4.78, 5) is 2.69. The molecule has 0 aromatic heterocycles. The number of nitrogens with one attached hydrogen (secondary N) is 1. The Hall–Kier alpha value is -0.0800. The monoisotopic (exact) mass is 240 g/mol. The van der Waals surface area contributed by atoms with E-state index in [1.54, 1.807) is 0 Å². The molecular weight excluding hydrogens is 208 g/mol. The molecule has 2 nitrogen and oxygen atoms in total. The van der Waals surface area contributed by atoms with Crippen molar-refractivity contribution >= 4 is 0 Å². The van der Waals surface area contributed by atoms with E-state index in [1.807, 2.05) is 0 Å². The molecule has 17 heavy (non-hydrogen) atoms. The molecule has 0 bridgehead atoms. The van der Waals surface area contributed by atoms with Crippen LogP contribution < -0.4 is 5.32 Å². The van der Waals surface area contributed by atoms with Crippen LogP contribution in [0.25, 0.3) is 0 Å². The van der Waals surface area contributed by atoms with Crippen LogP contribution in [0.4, 0.5) is 0 Å². The third-order valence-electron chi connectivity index (χ3n) is 3.94. The molecule has 1 atom stereocenters. The summed E-state index contributed by atoms with van der Waals surface area (Å²) in [7, 11) is 0. The van der Waals surface area contributed by atoms with Crippen LogP contribution in [0.1, 0.15) is 58.8 Å². The highest BCUT2D eigenvalue weighted by molar-refractivity contribution is 4.71. The summed E-state index contributed by atoms with van der Waals surface area (Å²) in [6.45, 7) is 11.0. The van der Waals surface area contributed by atoms with Crippen LogP contribution in [-0.2, 0) is 0 Å². The van der Waals surface area contributed by atoms with E-state index in [0.29, 0.717) is 0 Å². The Labute approximate surface area is 108 Å². The minimum absolute atomic E-state index is 0.981. The molecule has 1 heterocycles. The van der Waals surface area contributed by atoms with E-state index in [0.717, 1.165) is 5.92 Å². The zero-order valence-corrected chi connectivity index (χ0v) is 12.0. The summed E-state index contributed by atoms with van der Waals surface area (Å²) in [5, 5.41) is 3.48. The summed E-state index contributed by atoms with van der Waals surface area (Å²) < 4.78 is 0. The van der Waals surface area contributed by atoms with Crippen molar-refractivity contribution in [1.29, 1.82) is 0 Å². The number of hydrogen-bond donors (Lipinski definition) is 1. The zero-order chi connectivity index (χ0) is 12.3. The minimum atomic E-state index is 0.981. The largest absolute Gasteiger partial charge is 0.317 e. The van der Waals surface area contributed by atoms with Crippen molar-refractivity contribution in [3.63, 3.8) is 0 Å². The van der Waals surface area contributed by atoms with Gasteiger partial charge in [-0.2, -0.15) is 0 Å². The van der Waals surface area contributed by atoms with Crippen LogP contribution in [0.5, 0.6) is 0 Å². The highest BCUT2D eigenvalue weighted by atomic mass is 15.1. The molecule has 0 saturated carbocycles. The molecule has 0 aliphatic carbocycles. The molecular formula is C15H32N2. The molecule has 1 aliphatic rings. The Balaban J connectivity index is 1.91. The van der Waals surface area contributed by atoms with E-state index >= 15 is 0 Å². The molecule has 0 aromatic rings. The molecule has 0 radical (unpaired) electrons. The van der Waals surface area contributed by atoms with Gasteiger partial charge in [-0.15, -0.1) is 0 Å². The highest BCUT2D eigenvalue weighted by Crippen LogP contribution is 2.19. The standard InChI is InChI=1S/C15H32N2/c1-3-10-16-11-6-5-7-12-17-13-8-9-15(4-2)14-17/h15-16H,3-14H2,1-2H3. The molecule has 2 heteroatoms. The molecule has 1 rings (SSSR count). The number of piperidine rings is 1. The lowest BCUT2D eigenvalue weighted by atomic mass is 9.95. The predicted molar refractivity (Wildman–Crippen MR) is 76.5 cm³/mol. The van der Waals surface area contributed by atoms with Gasteiger partial charge in [0.1, 0.15) is 0 Å². The first-order valence-corrected chi connectivity index (χ1v) is 7.79. The van der Waals surface area contributed by atoms with E-state index in [1.165, 1.54) is 77.7 Å². The fourth-order valence-corrected chi connectivity index (χ4v) is 2.75. The van der Waals surface area contributed by atoms with Gasteiger partial charge >= 0.3 is 0 Å². The number of hydrogen-bond acceptors (Lipinski definition) is 2. The smallest absolute Gasteiger partial charge is 0.000956 e. The van der Waals surface area contributed by atoms with Crippen LogP contribution in [0.15, 0.2) is 0 Å². The first-order chi connectivity index (χ1) is 8.36. The van der Waals surface area contributed by atoms with E-state index < -0.39 is 0 Å². The maximum absolute atomic E-state index is 3.48. The van der Waals surface area contributed by atoms with E-state index in [2.05, 4.69) is 24.1 Å². The summed E-state index contributed by atoms with van der Waals surface area (Å²) in [5.74, 6) is 0.981. The third-order valence-corrected chi connectivity index (χ3v) is 3.94. The van der Waals surface area contributed by atoms with Crippen LogP contribution in [0, 0.1) is 5.92 Å². The van der Waals surface area contributed by atoms with E-state index in [-0.39, 0.29) is 0 Å². The third kappa shape index (κ3) is 7.05. The Kier molecular flexibility index (Phi) is 8.72. The molecule has 1 saturated heterocycles. The van der Waals surface area contributed by atoms with E-state index in [4.69, 9.17) is 0 Å². The average Bonchev–Trinajstić information content (AvgIpc) is 2.38. The van der Waals surface area contributed by atoms with Gasteiger partial charge in [-0.25, -0.2) is 0 Å². The van der Waals surface area contributed by atoms with Gasteiger partial charge in [0.05, 0.1) is 0 Å². The fourth-order valence-electron chi connectivity index (χ4n) is 2.75. The van der Waals surface area contributed by atoms with Crippen LogP contribution in [0.2, 0.25) is 0 Å². The molecule has 1 aliphatic heterocycles. The number of rotatable bonds is 9. The van der Waals surface area contributed by atoms with Crippen LogP contribution in [0.3, 0.4) is 0 Å². The van der Waals surface area contributed by atoms with Gasteiger partial charge in [0.25, 0.3) is 0 Å². The molecule has 0 amide bonds. The Morgan fingerprint density at radius 1 is 1.12 bits per heavy atom. The maximum atomic E-state index is 3.48. The van der Waals surface area contributed by atoms with Crippen molar-refractivity contribution in [3.8, 4) is 0 Å². The predicted octanol–water partition coefficient (Wildman–Crippen LogP) is 3.28. The van der Waals surface area contributed by atoms with Crippen molar-refractivity contribution in [1.82, 2.24) is 10.2 Å². The summed E-state index contributed by atoms with van der Waals surface area (Å²) in [6, 6.07) is 0. The summed E-state index contributed by atoms with van der Waals surface area (Å²) >= 11 is 0. The molecule has 0 aromatic carbocycles. The van der Waals surface area contributed by atoms with Gasteiger partial charge in [-0.1, -0.05) is 26.7 Å². The minimum Gasteiger partial charge on any atom is -0.317 e. The summed E-state index contributed by atoms with van der Waals surface area (Å²) in [5.41, 5.74) is 0. The van der Waals surface area contributed by atoms with Crippen molar-refractivity contribution in [2.45, 2.75) is 58.8 Å². The second kappa shape index (κ2) is 9.90. The first-order valence-electron chi connectivity index (χ1n) is 7.79. The Morgan fingerprint density at radius 3 is 2.76 bits per heavy atom. The van der Waals surface area contributed by atoms with Gasteiger partial charge < -0.3 is 10.2 Å². The average molecular weight is 240 g/mol. The van der Waals surface area contributed by atoms with Crippen LogP contribution >= 0.6 is 0 Å². The second-order valence-corrected chi connectivity index (χ2v) is 5.53. The first kappa shape index (κ1) is 15.0. The second-order valence-electron chi connectivity index (χ2n) is 5.53. The quantitative estimate of drug-likeness (QED) is 0.622. The van der Waals surface area contributed by atoms with Gasteiger partial charge in [-0.05, 0) is 64.2 Å². The highest BCUT2D eigenvalue weighted by Gasteiger charge is 2.17. The molecule has 0 spiro atoms. The van der Waals surface area contributed by atoms with Crippen LogP contribution in [-0.4, -0.2) is 37.6 Å². The van der Waals surface area contributed by atoms with Gasteiger partial charge in [-0.3, -0.25) is 0 Å². The Bertz CT molecular complexity index is 170. The number of likely N-dealkylation sites (tertiary alicyclic amines) is 1. The lowest BCUT2D eigenvalue weighted by Crippen LogP contribution is -2.35. The fraction of sp³-hybridized carbons (Fsp3) is 1.00. The molecule has 1 N–H and O–H groups in total. The zero-order valence-electron chi connectivity index (χ0n) is 12.0. The van der Waals surface area contributed by atoms with Gasteiger partial charge in [0.2, 0.25) is 0 Å². The summed E-state index contributed by atoms with van der Waals surface area (Å²) in [6.07, 6.45) is 9.66. The van der Waals surface area contributed by atoms with Gasteiger partial charge in [0.15, 0.2) is 0 Å². The topological polar surface area (TPSA) is 15.3 Å². The maximum Gasteiger partial charge on any atom is 0.000956 e. The van der Waals surface area contributed by atoms with Crippen molar-refractivity contribution in [2.24, 2.45) is 5.92 Å².